The minimum absolute atomic E-state index is 0.0242. The van der Waals surface area contributed by atoms with Crippen molar-refractivity contribution in [1.29, 1.82) is 0 Å². The molecule has 120 valence electrons. The zero-order chi connectivity index (χ0) is 16.1. The van der Waals surface area contributed by atoms with Gasteiger partial charge < -0.3 is 15.4 Å². The number of carbonyl (C=O) groups excluding carboxylic acids is 1. The molecule has 0 aliphatic carbocycles. The van der Waals surface area contributed by atoms with Gasteiger partial charge in [-0.2, -0.15) is 0 Å². The monoisotopic (exact) mass is 307 g/mol. The van der Waals surface area contributed by atoms with Gasteiger partial charge >= 0.3 is 0 Å². The summed E-state index contributed by atoms with van der Waals surface area (Å²) in [6.45, 7) is 4.94. The number of hydrogen-bond acceptors (Lipinski definition) is 5. The maximum absolute atomic E-state index is 11.9. The van der Waals surface area contributed by atoms with E-state index in [0.29, 0.717) is 12.2 Å². The summed E-state index contributed by atoms with van der Waals surface area (Å²) in [5, 5.41) is 17.0. The van der Waals surface area contributed by atoms with Gasteiger partial charge in [0.1, 0.15) is 5.69 Å². The van der Waals surface area contributed by atoms with Gasteiger partial charge in [0.05, 0.1) is 11.0 Å². The first-order valence-electron chi connectivity index (χ1n) is 7.42. The SMILES string of the molecule is CC(C)NC(=O)c1ccc(NC[C@H]2CCCO2)c([N+](=O)[O-])c1. The Bertz CT molecular complexity index is 554. The second-order valence-electron chi connectivity index (χ2n) is 5.63. The summed E-state index contributed by atoms with van der Waals surface area (Å²) in [4.78, 5) is 22.7. The van der Waals surface area contributed by atoms with Crippen LogP contribution < -0.4 is 10.6 Å². The third kappa shape index (κ3) is 4.17. The van der Waals surface area contributed by atoms with Crippen LogP contribution >= 0.6 is 0 Å². The van der Waals surface area contributed by atoms with E-state index in [1.54, 1.807) is 12.1 Å². The summed E-state index contributed by atoms with van der Waals surface area (Å²) in [6.07, 6.45) is 2.06. The molecule has 7 nitrogen and oxygen atoms in total. The molecule has 1 fully saturated rings. The number of carbonyl (C=O) groups is 1. The van der Waals surface area contributed by atoms with Crippen LogP contribution in [0.4, 0.5) is 11.4 Å². The lowest BCUT2D eigenvalue weighted by atomic mass is 10.1. The number of rotatable bonds is 6. The molecule has 22 heavy (non-hydrogen) atoms. The topological polar surface area (TPSA) is 93.5 Å². The Morgan fingerprint density at radius 2 is 2.27 bits per heavy atom. The van der Waals surface area contributed by atoms with Crippen LogP contribution in [-0.2, 0) is 4.74 Å². The number of ether oxygens (including phenoxy) is 1. The van der Waals surface area contributed by atoms with Crippen molar-refractivity contribution < 1.29 is 14.5 Å². The quantitative estimate of drug-likeness (QED) is 0.621. The van der Waals surface area contributed by atoms with Gasteiger partial charge in [0.15, 0.2) is 0 Å². The summed E-state index contributed by atoms with van der Waals surface area (Å²) in [7, 11) is 0. The zero-order valence-electron chi connectivity index (χ0n) is 12.8. The second-order valence-corrected chi connectivity index (χ2v) is 5.63. The fraction of sp³-hybridized carbons (Fsp3) is 0.533. The molecule has 1 aromatic rings. The first-order chi connectivity index (χ1) is 10.5. The fourth-order valence-corrected chi connectivity index (χ4v) is 2.35. The van der Waals surface area contributed by atoms with Gasteiger partial charge in [-0.05, 0) is 38.8 Å². The van der Waals surface area contributed by atoms with Crippen LogP contribution in [-0.4, -0.2) is 36.1 Å². The number of anilines is 1. The molecule has 0 aromatic heterocycles. The normalized spacial score (nSPS) is 17.5. The lowest BCUT2D eigenvalue weighted by Crippen LogP contribution is -2.30. The summed E-state index contributed by atoms with van der Waals surface area (Å²) in [5.41, 5.74) is 0.582. The summed E-state index contributed by atoms with van der Waals surface area (Å²) < 4.78 is 5.48. The van der Waals surface area contributed by atoms with E-state index >= 15 is 0 Å². The Hall–Kier alpha value is -2.15. The van der Waals surface area contributed by atoms with E-state index in [9.17, 15) is 14.9 Å². The van der Waals surface area contributed by atoms with Gasteiger partial charge in [-0.1, -0.05) is 0 Å². The number of hydrogen-bond donors (Lipinski definition) is 2. The molecule has 2 N–H and O–H groups in total. The molecule has 1 aromatic carbocycles. The molecule has 0 saturated carbocycles. The molecule has 2 rings (SSSR count). The van der Waals surface area contributed by atoms with E-state index in [1.165, 1.54) is 6.07 Å². The Balaban J connectivity index is 2.12. The predicted octanol–water partition coefficient (Wildman–Crippen LogP) is 2.32. The van der Waals surface area contributed by atoms with Crippen molar-refractivity contribution in [1.82, 2.24) is 5.32 Å². The van der Waals surface area contributed by atoms with Crippen LogP contribution in [0.3, 0.4) is 0 Å². The molecule has 1 atom stereocenters. The van der Waals surface area contributed by atoms with Gasteiger partial charge in [0, 0.05) is 30.8 Å². The Labute approximate surface area is 129 Å². The van der Waals surface area contributed by atoms with Crippen LogP contribution in [0.5, 0.6) is 0 Å². The average Bonchev–Trinajstić information content (AvgIpc) is 2.97. The maximum Gasteiger partial charge on any atom is 0.293 e. The molecule has 1 heterocycles. The molecule has 1 aliphatic rings. The summed E-state index contributed by atoms with van der Waals surface area (Å²) in [6, 6.07) is 4.43. The summed E-state index contributed by atoms with van der Waals surface area (Å²) in [5.74, 6) is -0.316. The van der Waals surface area contributed by atoms with Crippen LogP contribution in [0.15, 0.2) is 18.2 Å². The van der Waals surface area contributed by atoms with Crippen molar-refractivity contribution in [2.24, 2.45) is 0 Å². The van der Waals surface area contributed by atoms with E-state index in [1.807, 2.05) is 13.8 Å². The molecular formula is C15H21N3O4. The molecule has 0 radical (unpaired) electrons. The van der Waals surface area contributed by atoms with Crippen molar-refractivity contribution >= 4 is 17.3 Å². The van der Waals surface area contributed by atoms with Crippen LogP contribution in [0.2, 0.25) is 0 Å². The third-order valence-corrected chi connectivity index (χ3v) is 3.42. The lowest BCUT2D eigenvalue weighted by molar-refractivity contribution is -0.384. The largest absolute Gasteiger partial charge is 0.377 e. The van der Waals surface area contributed by atoms with Gasteiger partial charge in [0.2, 0.25) is 0 Å². The molecule has 0 bridgehead atoms. The van der Waals surface area contributed by atoms with Gasteiger partial charge in [-0.15, -0.1) is 0 Å². The Kier molecular flexibility index (Phi) is 5.32. The van der Waals surface area contributed by atoms with E-state index in [2.05, 4.69) is 10.6 Å². The highest BCUT2D eigenvalue weighted by Gasteiger charge is 2.20. The van der Waals surface area contributed by atoms with Crippen molar-refractivity contribution in [3.8, 4) is 0 Å². The lowest BCUT2D eigenvalue weighted by Gasteiger charge is -2.13. The van der Waals surface area contributed by atoms with E-state index in [-0.39, 0.29) is 29.3 Å². The van der Waals surface area contributed by atoms with Crippen LogP contribution in [0.1, 0.15) is 37.0 Å². The average molecular weight is 307 g/mol. The van der Waals surface area contributed by atoms with Gasteiger partial charge in [-0.25, -0.2) is 0 Å². The number of nitro benzene ring substituents is 1. The standard InChI is InChI=1S/C15H21N3O4/c1-10(2)17-15(19)11-5-6-13(14(8-11)18(20)21)16-9-12-4-3-7-22-12/h5-6,8,10,12,16H,3-4,7,9H2,1-2H3,(H,17,19)/t12-/m1/s1. The first-order valence-corrected chi connectivity index (χ1v) is 7.42. The minimum atomic E-state index is -0.482. The van der Waals surface area contributed by atoms with E-state index < -0.39 is 4.92 Å². The third-order valence-electron chi connectivity index (χ3n) is 3.42. The zero-order valence-corrected chi connectivity index (χ0v) is 12.8. The molecule has 1 aliphatic heterocycles. The molecule has 1 saturated heterocycles. The summed E-state index contributed by atoms with van der Waals surface area (Å²) >= 11 is 0. The highest BCUT2D eigenvalue weighted by Crippen LogP contribution is 2.26. The number of nitro groups is 1. The van der Waals surface area contributed by atoms with Crippen molar-refractivity contribution in [2.45, 2.75) is 38.8 Å². The Morgan fingerprint density at radius 3 is 2.86 bits per heavy atom. The van der Waals surface area contributed by atoms with Gasteiger partial charge in [0.25, 0.3) is 11.6 Å². The minimum Gasteiger partial charge on any atom is -0.377 e. The number of benzene rings is 1. The highest BCUT2D eigenvalue weighted by atomic mass is 16.6. The molecular weight excluding hydrogens is 286 g/mol. The molecule has 0 unspecified atom stereocenters. The highest BCUT2D eigenvalue weighted by molar-refractivity contribution is 5.95. The Morgan fingerprint density at radius 1 is 1.50 bits per heavy atom. The van der Waals surface area contributed by atoms with Crippen molar-refractivity contribution in [3.63, 3.8) is 0 Å². The second kappa shape index (κ2) is 7.22. The maximum atomic E-state index is 11.9. The fourth-order valence-electron chi connectivity index (χ4n) is 2.35. The number of nitrogens with zero attached hydrogens (tertiary/aromatic N) is 1. The predicted molar refractivity (Wildman–Crippen MR) is 83.2 cm³/mol. The van der Waals surface area contributed by atoms with Gasteiger partial charge in [-0.3, -0.25) is 14.9 Å². The number of nitrogens with one attached hydrogen (secondary N) is 2. The van der Waals surface area contributed by atoms with E-state index in [0.717, 1.165) is 19.4 Å². The van der Waals surface area contributed by atoms with Crippen LogP contribution in [0.25, 0.3) is 0 Å². The van der Waals surface area contributed by atoms with Crippen molar-refractivity contribution in [3.05, 3.63) is 33.9 Å². The first kappa shape index (κ1) is 16.2. The van der Waals surface area contributed by atoms with E-state index in [4.69, 9.17) is 4.74 Å². The number of amides is 1. The molecule has 0 spiro atoms. The molecule has 1 amide bonds. The smallest absolute Gasteiger partial charge is 0.293 e. The van der Waals surface area contributed by atoms with Crippen LogP contribution in [0, 0.1) is 10.1 Å². The molecule has 7 heteroatoms. The van der Waals surface area contributed by atoms with Crippen molar-refractivity contribution in [2.75, 3.05) is 18.5 Å².